The summed E-state index contributed by atoms with van der Waals surface area (Å²) < 4.78 is 5.47. The van der Waals surface area contributed by atoms with Crippen molar-refractivity contribution in [3.63, 3.8) is 0 Å². The van der Waals surface area contributed by atoms with E-state index in [1.165, 1.54) is 0 Å². The number of nitrogens with zero attached hydrogens (tertiary/aromatic N) is 1. The topological polar surface area (TPSA) is 58.6 Å². The van der Waals surface area contributed by atoms with Crippen LogP contribution in [0.4, 0.5) is 0 Å². The fourth-order valence-corrected chi connectivity index (χ4v) is 2.67. The Hall–Kier alpha value is -1.36. The van der Waals surface area contributed by atoms with Crippen LogP contribution in [0.3, 0.4) is 0 Å². The van der Waals surface area contributed by atoms with Gasteiger partial charge in [-0.2, -0.15) is 0 Å². The Morgan fingerprint density at radius 2 is 2.20 bits per heavy atom. The summed E-state index contributed by atoms with van der Waals surface area (Å²) in [6, 6.07) is 0. The van der Waals surface area contributed by atoms with Crippen LogP contribution in [-0.4, -0.2) is 48.6 Å². The Morgan fingerprint density at radius 1 is 1.45 bits per heavy atom. The molecule has 0 aromatic carbocycles. The number of carbonyl (C=O) groups is 2. The Labute approximate surface area is 120 Å². The largest absolute Gasteiger partial charge is 0.379 e. The summed E-state index contributed by atoms with van der Waals surface area (Å²) in [5.41, 5.74) is -0.714. The Bertz CT molecular complexity index is 393. The molecule has 0 radical (unpaired) electrons. The molecule has 2 aliphatic rings. The molecule has 0 aromatic rings. The van der Waals surface area contributed by atoms with E-state index in [1.54, 1.807) is 4.90 Å². The predicted molar refractivity (Wildman–Crippen MR) is 76.1 cm³/mol. The van der Waals surface area contributed by atoms with Gasteiger partial charge in [0.2, 0.25) is 11.8 Å². The highest BCUT2D eigenvalue weighted by Gasteiger charge is 2.50. The van der Waals surface area contributed by atoms with Gasteiger partial charge in [0, 0.05) is 19.5 Å². The van der Waals surface area contributed by atoms with Gasteiger partial charge in [-0.25, -0.2) is 0 Å². The molecule has 0 aromatic heterocycles. The van der Waals surface area contributed by atoms with Crippen LogP contribution in [0, 0.1) is 5.92 Å². The molecule has 1 heterocycles. The molecule has 1 N–H and O–H groups in total. The smallest absolute Gasteiger partial charge is 0.248 e. The normalized spacial score (nSPS) is 27.1. The number of nitrogens with one attached hydrogen (secondary N) is 1. The molecule has 0 bridgehead atoms. The lowest BCUT2D eigenvalue weighted by Crippen LogP contribution is -2.57. The molecule has 1 aliphatic heterocycles. The molecule has 1 aliphatic carbocycles. The number of hydrogen-bond donors (Lipinski definition) is 1. The molecule has 2 rings (SSSR count). The maximum Gasteiger partial charge on any atom is 0.248 e. The number of rotatable bonds is 7. The minimum absolute atomic E-state index is 0.0252. The zero-order valence-corrected chi connectivity index (χ0v) is 12.2. The monoisotopic (exact) mass is 280 g/mol. The summed E-state index contributed by atoms with van der Waals surface area (Å²) in [6.45, 7) is 7.67. The summed E-state index contributed by atoms with van der Waals surface area (Å²) in [4.78, 5) is 26.2. The lowest BCUT2D eigenvalue weighted by Gasteiger charge is -2.32. The number of carbonyl (C=O) groups excluding carboxylic acids is 2. The third-order valence-electron chi connectivity index (χ3n) is 4.11. The molecule has 20 heavy (non-hydrogen) atoms. The quantitative estimate of drug-likeness (QED) is 0.561. The summed E-state index contributed by atoms with van der Waals surface area (Å²) in [5, 5.41) is 2.92. The lowest BCUT2D eigenvalue weighted by atomic mass is 9.94. The Morgan fingerprint density at radius 3 is 2.85 bits per heavy atom. The second-order valence-electron chi connectivity index (χ2n) is 5.76. The molecule has 5 heteroatoms. The van der Waals surface area contributed by atoms with Crippen molar-refractivity contribution in [1.82, 2.24) is 10.2 Å². The third-order valence-corrected chi connectivity index (χ3v) is 4.11. The highest BCUT2D eigenvalue weighted by molar-refractivity contribution is 5.93. The number of hydrogen-bond acceptors (Lipinski definition) is 3. The molecule has 0 spiro atoms. The lowest BCUT2D eigenvalue weighted by molar-refractivity contribution is -0.139. The highest BCUT2D eigenvalue weighted by Crippen LogP contribution is 2.41. The van der Waals surface area contributed by atoms with Gasteiger partial charge in [0.1, 0.15) is 5.54 Å². The molecule has 1 unspecified atom stereocenters. The Balaban J connectivity index is 1.92. The van der Waals surface area contributed by atoms with Gasteiger partial charge >= 0.3 is 0 Å². The maximum absolute atomic E-state index is 12.7. The van der Waals surface area contributed by atoms with E-state index in [9.17, 15) is 9.59 Å². The molecule has 1 saturated heterocycles. The Kier molecular flexibility index (Phi) is 4.81. The number of ether oxygens (including phenoxy) is 1. The number of amides is 2. The first-order chi connectivity index (χ1) is 9.58. The van der Waals surface area contributed by atoms with E-state index in [0.717, 1.165) is 19.3 Å². The third kappa shape index (κ3) is 3.39. The standard InChI is InChI=1S/C15H24N2O3/c1-3-4-10-20-11-9-17-8-7-13(18)16-15(2,14(17)19)12-5-6-12/h3,12H,1,4-11H2,2H3,(H,16,18). The van der Waals surface area contributed by atoms with Gasteiger partial charge in [-0.3, -0.25) is 9.59 Å². The van der Waals surface area contributed by atoms with Crippen LogP contribution in [-0.2, 0) is 14.3 Å². The van der Waals surface area contributed by atoms with Crippen molar-refractivity contribution in [3.8, 4) is 0 Å². The minimum atomic E-state index is -0.714. The van der Waals surface area contributed by atoms with Crippen molar-refractivity contribution in [2.24, 2.45) is 5.92 Å². The van der Waals surface area contributed by atoms with Gasteiger partial charge in [0.05, 0.1) is 13.2 Å². The zero-order chi connectivity index (χ0) is 14.6. The van der Waals surface area contributed by atoms with E-state index in [0.29, 0.717) is 38.6 Å². The van der Waals surface area contributed by atoms with Crippen LogP contribution in [0.15, 0.2) is 12.7 Å². The first-order valence-corrected chi connectivity index (χ1v) is 7.37. The SMILES string of the molecule is C=CCCOCCN1CCC(=O)NC(C)(C2CC2)C1=O. The first-order valence-electron chi connectivity index (χ1n) is 7.37. The molecule has 1 saturated carbocycles. The van der Waals surface area contributed by atoms with E-state index in [2.05, 4.69) is 11.9 Å². The summed E-state index contributed by atoms with van der Waals surface area (Å²) in [5.74, 6) is 0.308. The van der Waals surface area contributed by atoms with Gasteiger partial charge in [0.15, 0.2) is 0 Å². The van der Waals surface area contributed by atoms with Crippen molar-refractivity contribution in [1.29, 1.82) is 0 Å². The van der Waals surface area contributed by atoms with Crippen LogP contribution in [0.5, 0.6) is 0 Å². The van der Waals surface area contributed by atoms with Crippen molar-refractivity contribution in [3.05, 3.63) is 12.7 Å². The van der Waals surface area contributed by atoms with E-state index in [-0.39, 0.29) is 11.8 Å². The summed E-state index contributed by atoms with van der Waals surface area (Å²) >= 11 is 0. The minimum Gasteiger partial charge on any atom is -0.379 e. The molecular formula is C15H24N2O3. The van der Waals surface area contributed by atoms with Crippen molar-refractivity contribution in [2.75, 3.05) is 26.3 Å². The van der Waals surface area contributed by atoms with Gasteiger partial charge in [-0.05, 0) is 32.1 Å². The van der Waals surface area contributed by atoms with Gasteiger partial charge in [0.25, 0.3) is 0 Å². The second kappa shape index (κ2) is 6.39. The van der Waals surface area contributed by atoms with E-state index < -0.39 is 5.54 Å². The average Bonchev–Trinajstić information content (AvgIpc) is 3.25. The zero-order valence-electron chi connectivity index (χ0n) is 12.2. The van der Waals surface area contributed by atoms with E-state index in [1.807, 2.05) is 13.0 Å². The maximum atomic E-state index is 12.7. The fraction of sp³-hybridized carbons (Fsp3) is 0.733. The van der Waals surface area contributed by atoms with Crippen LogP contribution in [0.25, 0.3) is 0 Å². The van der Waals surface area contributed by atoms with E-state index in [4.69, 9.17) is 4.74 Å². The van der Waals surface area contributed by atoms with Crippen molar-refractivity contribution in [2.45, 2.75) is 38.1 Å². The van der Waals surface area contributed by atoms with E-state index >= 15 is 0 Å². The molecule has 1 atom stereocenters. The van der Waals surface area contributed by atoms with Crippen molar-refractivity contribution < 1.29 is 14.3 Å². The fourth-order valence-electron chi connectivity index (χ4n) is 2.67. The predicted octanol–water partition coefficient (Wildman–Crippen LogP) is 1.10. The highest BCUT2D eigenvalue weighted by atomic mass is 16.5. The van der Waals surface area contributed by atoms with Gasteiger partial charge in [-0.15, -0.1) is 6.58 Å². The van der Waals surface area contributed by atoms with Crippen LogP contribution in [0.1, 0.15) is 32.6 Å². The van der Waals surface area contributed by atoms with Crippen LogP contribution < -0.4 is 5.32 Å². The van der Waals surface area contributed by atoms with Gasteiger partial charge in [-0.1, -0.05) is 6.08 Å². The van der Waals surface area contributed by atoms with Crippen molar-refractivity contribution >= 4 is 11.8 Å². The molecule has 112 valence electrons. The molecule has 2 amide bonds. The molecular weight excluding hydrogens is 256 g/mol. The molecule has 2 fully saturated rings. The first kappa shape index (κ1) is 15.0. The van der Waals surface area contributed by atoms with Gasteiger partial charge < -0.3 is 15.0 Å². The second-order valence-corrected chi connectivity index (χ2v) is 5.76. The summed E-state index contributed by atoms with van der Waals surface area (Å²) in [6.07, 6.45) is 5.04. The molecule has 5 nitrogen and oxygen atoms in total. The summed E-state index contributed by atoms with van der Waals surface area (Å²) in [7, 11) is 0. The average molecular weight is 280 g/mol. The van der Waals surface area contributed by atoms with Crippen LogP contribution >= 0.6 is 0 Å². The van der Waals surface area contributed by atoms with Crippen LogP contribution in [0.2, 0.25) is 0 Å².